The van der Waals surface area contributed by atoms with Crippen molar-refractivity contribution in [2.24, 2.45) is 7.05 Å². The third-order valence-corrected chi connectivity index (χ3v) is 3.81. The average molecular weight is 233 g/mol. The van der Waals surface area contributed by atoms with Crippen LogP contribution >= 0.6 is 11.8 Å². The number of nitrogens with zero attached hydrogens (tertiary/aromatic N) is 2. The van der Waals surface area contributed by atoms with Gasteiger partial charge in [-0.3, -0.25) is 0 Å². The second-order valence-corrected chi connectivity index (χ2v) is 4.77. The maximum absolute atomic E-state index is 5.87. The highest BCUT2D eigenvalue weighted by molar-refractivity contribution is 7.98. The number of rotatable bonds is 3. The summed E-state index contributed by atoms with van der Waals surface area (Å²) in [6.45, 7) is 2.06. The summed E-state index contributed by atoms with van der Waals surface area (Å²) in [5.41, 5.74) is 9.10. The average Bonchev–Trinajstić information content (AvgIpc) is 2.67. The fourth-order valence-electron chi connectivity index (χ4n) is 1.46. The second-order valence-electron chi connectivity index (χ2n) is 3.75. The Labute approximate surface area is 99.7 Å². The van der Waals surface area contributed by atoms with Crippen molar-refractivity contribution >= 4 is 17.4 Å². The van der Waals surface area contributed by atoms with Gasteiger partial charge in [-0.05, 0) is 24.6 Å². The predicted molar refractivity (Wildman–Crippen MR) is 68.4 cm³/mol. The van der Waals surface area contributed by atoms with E-state index in [4.69, 9.17) is 5.73 Å². The number of aryl methyl sites for hydroxylation is 1. The van der Waals surface area contributed by atoms with Gasteiger partial charge in [0.15, 0.2) is 0 Å². The molecule has 0 fully saturated rings. The van der Waals surface area contributed by atoms with Crippen LogP contribution < -0.4 is 5.73 Å². The van der Waals surface area contributed by atoms with Gasteiger partial charge in [-0.2, -0.15) is 0 Å². The molecule has 2 N–H and O–H groups in total. The summed E-state index contributed by atoms with van der Waals surface area (Å²) in [6.07, 6.45) is 3.72. The van der Waals surface area contributed by atoms with Crippen molar-refractivity contribution in [2.75, 3.05) is 5.73 Å². The van der Waals surface area contributed by atoms with Crippen molar-refractivity contribution in [2.45, 2.75) is 17.6 Å². The third-order valence-electron chi connectivity index (χ3n) is 2.62. The van der Waals surface area contributed by atoms with E-state index < -0.39 is 0 Å². The number of hydrogen-bond donors (Lipinski definition) is 1. The van der Waals surface area contributed by atoms with Crippen LogP contribution in [0.2, 0.25) is 0 Å². The highest BCUT2D eigenvalue weighted by Crippen LogP contribution is 2.28. The Morgan fingerprint density at radius 1 is 1.44 bits per heavy atom. The Morgan fingerprint density at radius 2 is 2.25 bits per heavy atom. The topological polar surface area (TPSA) is 43.8 Å². The van der Waals surface area contributed by atoms with Gasteiger partial charge in [-0.1, -0.05) is 6.07 Å². The zero-order chi connectivity index (χ0) is 11.5. The molecule has 3 nitrogen and oxygen atoms in total. The van der Waals surface area contributed by atoms with Crippen LogP contribution in [0, 0.1) is 6.92 Å². The van der Waals surface area contributed by atoms with Crippen molar-refractivity contribution < 1.29 is 0 Å². The lowest BCUT2D eigenvalue weighted by molar-refractivity contribution is 0.867. The largest absolute Gasteiger partial charge is 0.398 e. The molecule has 0 saturated heterocycles. The molecule has 0 amide bonds. The number of thioether (sulfide) groups is 1. The fraction of sp³-hybridized carbons (Fsp3) is 0.250. The third kappa shape index (κ3) is 2.22. The minimum atomic E-state index is 0.856. The lowest BCUT2D eigenvalue weighted by Gasteiger charge is -2.07. The summed E-state index contributed by atoms with van der Waals surface area (Å²) in [4.78, 5) is 5.34. The summed E-state index contributed by atoms with van der Waals surface area (Å²) in [6, 6.07) is 6.03. The van der Waals surface area contributed by atoms with E-state index in [1.165, 1.54) is 10.6 Å². The first-order valence-corrected chi connectivity index (χ1v) is 6.10. The molecule has 0 spiro atoms. The Hall–Kier alpha value is -1.42. The summed E-state index contributed by atoms with van der Waals surface area (Å²) < 4.78 is 2.04. The lowest BCUT2D eigenvalue weighted by atomic mass is 10.2. The van der Waals surface area contributed by atoms with Gasteiger partial charge in [-0.25, -0.2) is 4.98 Å². The van der Waals surface area contributed by atoms with Gasteiger partial charge in [0.25, 0.3) is 0 Å². The molecule has 0 aliphatic carbocycles. The highest BCUT2D eigenvalue weighted by atomic mass is 32.2. The zero-order valence-corrected chi connectivity index (χ0v) is 10.3. The molecule has 0 atom stereocenters. The first-order chi connectivity index (χ1) is 7.68. The highest BCUT2D eigenvalue weighted by Gasteiger charge is 2.04. The molecule has 0 aliphatic heterocycles. The molecule has 0 unspecified atom stereocenters. The lowest BCUT2D eigenvalue weighted by Crippen LogP contribution is -1.94. The summed E-state index contributed by atoms with van der Waals surface area (Å²) in [7, 11) is 2.01. The zero-order valence-electron chi connectivity index (χ0n) is 9.47. The molecule has 1 aromatic heterocycles. The maximum atomic E-state index is 5.87. The van der Waals surface area contributed by atoms with Crippen LogP contribution in [0.4, 0.5) is 5.69 Å². The molecule has 2 aromatic rings. The van der Waals surface area contributed by atoms with Gasteiger partial charge in [0.1, 0.15) is 0 Å². The number of nitrogen functional groups attached to an aromatic ring is 1. The predicted octanol–water partition coefficient (Wildman–Crippen LogP) is 2.60. The standard InChI is InChI=1S/C12H15N3S/c1-9-11(13)4-3-5-12(9)16-7-10-6-14-8-15(10)2/h3-6,8H,7,13H2,1-2H3. The van der Waals surface area contributed by atoms with Gasteiger partial charge < -0.3 is 10.3 Å². The Bertz CT molecular complexity index is 491. The van der Waals surface area contributed by atoms with E-state index in [0.717, 1.165) is 17.0 Å². The molecule has 84 valence electrons. The van der Waals surface area contributed by atoms with Gasteiger partial charge in [0.05, 0.1) is 6.33 Å². The van der Waals surface area contributed by atoms with Crippen molar-refractivity contribution in [1.82, 2.24) is 9.55 Å². The molecule has 2 rings (SSSR count). The SMILES string of the molecule is Cc1c(N)cccc1SCc1cncn1C. The van der Waals surface area contributed by atoms with E-state index >= 15 is 0 Å². The van der Waals surface area contributed by atoms with Crippen molar-refractivity contribution in [3.8, 4) is 0 Å². The Balaban J connectivity index is 2.11. The molecule has 1 heterocycles. The first-order valence-electron chi connectivity index (χ1n) is 5.11. The molecular weight excluding hydrogens is 218 g/mol. The van der Waals surface area contributed by atoms with Crippen molar-refractivity contribution in [1.29, 1.82) is 0 Å². The van der Waals surface area contributed by atoms with Crippen LogP contribution in [0.1, 0.15) is 11.3 Å². The number of benzene rings is 1. The van der Waals surface area contributed by atoms with Gasteiger partial charge in [0, 0.05) is 35.3 Å². The van der Waals surface area contributed by atoms with E-state index in [0.29, 0.717) is 0 Å². The van der Waals surface area contributed by atoms with Gasteiger partial charge in [-0.15, -0.1) is 11.8 Å². The van der Waals surface area contributed by atoms with Gasteiger partial charge >= 0.3 is 0 Å². The van der Waals surface area contributed by atoms with Crippen LogP contribution in [-0.4, -0.2) is 9.55 Å². The van der Waals surface area contributed by atoms with E-state index in [1.54, 1.807) is 11.8 Å². The molecule has 1 aromatic carbocycles. The maximum Gasteiger partial charge on any atom is 0.0945 e. The van der Waals surface area contributed by atoms with Crippen LogP contribution in [0.5, 0.6) is 0 Å². The van der Waals surface area contributed by atoms with E-state index in [9.17, 15) is 0 Å². The van der Waals surface area contributed by atoms with Gasteiger partial charge in [0.2, 0.25) is 0 Å². The quantitative estimate of drug-likeness (QED) is 0.654. The Morgan fingerprint density at radius 3 is 2.94 bits per heavy atom. The molecule has 0 radical (unpaired) electrons. The molecule has 4 heteroatoms. The number of nitrogens with two attached hydrogens (primary N) is 1. The molecule has 0 saturated carbocycles. The van der Waals surface area contributed by atoms with E-state index in [-0.39, 0.29) is 0 Å². The van der Waals surface area contributed by atoms with Crippen LogP contribution in [0.15, 0.2) is 35.6 Å². The number of hydrogen-bond acceptors (Lipinski definition) is 3. The summed E-state index contributed by atoms with van der Waals surface area (Å²) in [5, 5.41) is 0. The molecular formula is C12H15N3S. The van der Waals surface area contributed by atoms with Crippen molar-refractivity contribution in [3.05, 3.63) is 42.0 Å². The number of imidazole rings is 1. The molecule has 16 heavy (non-hydrogen) atoms. The number of anilines is 1. The molecule has 0 bridgehead atoms. The van der Waals surface area contributed by atoms with E-state index in [2.05, 4.69) is 18.0 Å². The smallest absolute Gasteiger partial charge is 0.0945 e. The van der Waals surface area contributed by atoms with Crippen molar-refractivity contribution in [3.63, 3.8) is 0 Å². The van der Waals surface area contributed by atoms with Crippen LogP contribution in [0.3, 0.4) is 0 Å². The fourth-order valence-corrected chi connectivity index (χ4v) is 2.55. The summed E-state index contributed by atoms with van der Waals surface area (Å²) in [5.74, 6) is 0.917. The van der Waals surface area contributed by atoms with E-state index in [1.807, 2.05) is 36.3 Å². The van der Waals surface area contributed by atoms with Crippen LogP contribution in [-0.2, 0) is 12.8 Å². The minimum absolute atomic E-state index is 0.856. The first kappa shape index (κ1) is 11.1. The Kier molecular flexibility index (Phi) is 3.19. The van der Waals surface area contributed by atoms with Crippen LogP contribution in [0.25, 0.3) is 0 Å². The normalized spacial score (nSPS) is 10.6. The number of aromatic nitrogens is 2. The second kappa shape index (κ2) is 4.61. The monoisotopic (exact) mass is 233 g/mol. The summed E-state index contributed by atoms with van der Waals surface area (Å²) >= 11 is 1.79. The minimum Gasteiger partial charge on any atom is -0.398 e. The molecule has 0 aliphatic rings.